The lowest BCUT2D eigenvalue weighted by molar-refractivity contribution is 0.398. The molecule has 1 unspecified atom stereocenters. The largest absolute Gasteiger partial charge is 0.496 e. The van der Waals surface area contributed by atoms with Crippen LogP contribution in [0.1, 0.15) is 43.7 Å². The lowest BCUT2D eigenvalue weighted by Gasteiger charge is -2.22. The maximum absolute atomic E-state index is 6.08. The van der Waals surface area contributed by atoms with E-state index in [4.69, 9.17) is 22.2 Å². The Hall–Kier alpha value is -1.03. The standard InChI is InChI=1S/C15H21ClN2O/c1-19-15-8-7-12(16)10-13(15)14(18-17)9-11-5-3-2-4-6-11/h5,7-8,10,14,18H,2-4,6,9,17H2,1H3. The maximum atomic E-state index is 6.08. The van der Waals surface area contributed by atoms with Crippen LogP contribution in [0, 0.1) is 0 Å². The second kappa shape index (κ2) is 6.94. The number of hydrogen-bond donors (Lipinski definition) is 2. The summed E-state index contributed by atoms with van der Waals surface area (Å²) in [4.78, 5) is 0. The van der Waals surface area contributed by atoms with Gasteiger partial charge in [-0.25, -0.2) is 0 Å². The van der Waals surface area contributed by atoms with Crippen LogP contribution in [-0.4, -0.2) is 7.11 Å². The Labute approximate surface area is 119 Å². The number of methoxy groups -OCH3 is 1. The number of hydrazine groups is 1. The van der Waals surface area contributed by atoms with E-state index in [1.807, 2.05) is 18.2 Å². The molecule has 1 aliphatic rings. The molecular weight excluding hydrogens is 260 g/mol. The number of nitrogens with two attached hydrogens (primary N) is 1. The van der Waals surface area contributed by atoms with Crippen LogP contribution < -0.4 is 16.0 Å². The first-order chi connectivity index (χ1) is 9.24. The van der Waals surface area contributed by atoms with Crippen LogP contribution in [0.3, 0.4) is 0 Å². The van der Waals surface area contributed by atoms with Crippen LogP contribution in [0.2, 0.25) is 5.02 Å². The van der Waals surface area contributed by atoms with E-state index in [1.54, 1.807) is 7.11 Å². The third kappa shape index (κ3) is 3.72. The molecule has 4 heteroatoms. The number of benzene rings is 1. The number of allylic oxidation sites excluding steroid dienone is 1. The van der Waals surface area contributed by atoms with Gasteiger partial charge in [-0.1, -0.05) is 23.3 Å². The average molecular weight is 281 g/mol. The van der Waals surface area contributed by atoms with Crippen LogP contribution in [0.25, 0.3) is 0 Å². The van der Waals surface area contributed by atoms with E-state index >= 15 is 0 Å². The van der Waals surface area contributed by atoms with E-state index in [9.17, 15) is 0 Å². The molecule has 0 saturated heterocycles. The Morgan fingerprint density at radius 1 is 1.42 bits per heavy atom. The SMILES string of the molecule is COc1ccc(Cl)cc1C(CC1=CCCCC1)NN. The van der Waals surface area contributed by atoms with Crippen molar-refractivity contribution in [3.05, 3.63) is 40.4 Å². The molecule has 0 aromatic heterocycles. The van der Waals surface area contributed by atoms with Crippen molar-refractivity contribution in [1.82, 2.24) is 5.43 Å². The Bertz CT molecular complexity index is 459. The molecule has 0 spiro atoms. The fourth-order valence-corrected chi connectivity index (χ4v) is 2.77. The topological polar surface area (TPSA) is 47.3 Å². The number of hydrogen-bond acceptors (Lipinski definition) is 3. The van der Waals surface area contributed by atoms with Gasteiger partial charge in [-0.3, -0.25) is 11.3 Å². The molecule has 0 radical (unpaired) electrons. The van der Waals surface area contributed by atoms with Gasteiger partial charge in [-0.2, -0.15) is 0 Å². The van der Waals surface area contributed by atoms with Crippen molar-refractivity contribution >= 4 is 11.6 Å². The van der Waals surface area contributed by atoms with Gasteiger partial charge in [-0.05, 0) is 50.3 Å². The fraction of sp³-hybridized carbons (Fsp3) is 0.467. The van der Waals surface area contributed by atoms with Crippen LogP contribution in [-0.2, 0) is 0 Å². The monoisotopic (exact) mass is 280 g/mol. The van der Waals surface area contributed by atoms with Gasteiger partial charge >= 0.3 is 0 Å². The molecule has 0 aliphatic heterocycles. The third-order valence-electron chi connectivity index (χ3n) is 3.62. The molecule has 0 bridgehead atoms. The molecule has 1 aromatic rings. The molecule has 1 atom stereocenters. The summed E-state index contributed by atoms with van der Waals surface area (Å²) in [5, 5.41) is 0.702. The van der Waals surface area contributed by atoms with E-state index in [0.29, 0.717) is 5.02 Å². The second-order valence-corrected chi connectivity index (χ2v) is 5.35. The molecule has 0 saturated carbocycles. The lowest BCUT2D eigenvalue weighted by Crippen LogP contribution is -2.29. The van der Waals surface area contributed by atoms with Gasteiger partial charge in [0.2, 0.25) is 0 Å². The smallest absolute Gasteiger partial charge is 0.123 e. The first-order valence-corrected chi connectivity index (χ1v) is 7.10. The normalized spacial score (nSPS) is 16.9. The molecule has 19 heavy (non-hydrogen) atoms. The van der Waals surface area contributed by atoms with Crippen molar-refractivity contribution in [1.29, 1.82) is 0 Å². The predicted molar refractivity (Wildman–Crippen MR) is 79.2 cm³/mol. The quantitative estimate of drug-likeness (QED) is 0.491. The van der Waals surface area contributed by atoms with Crippen molar-refractivity contribution in [2.45, 2.75) is 38.1 Å². The Morgan fingerprint density at radius 3 is 2.89 bits per heavy atom. The molecule has 3 nitrogen and oxygen atoms in total. The van der Waals surface area contributed by atoms with E-state index < -0.39 is 0 Å². The fourth-order valence-electron chi connectivity index (χ4n) is 2.59. The third-order valence-corrected chi connectivity index (χ3v) is 3.85. The Morgan fingerprint density at radius 2 is 2.26 bits per heavy atom. The summed E-state index contributed by atoms with van der Waals surface area (Å²) < 4.78 is 5.40. The summed E-state index contributed by atoms with van der Waals surface area (Å²) in [6.07, 6.45) is 8.17. The van der Waals surface area contributed by atoms with Gasteiger partial charge in [0.05, 0.1) is 13.2 Å². The molecular formula is C15H21ClN2O. The van der Waals surface area contributed by atoms with Crippen molar-refractivity contribution in [2.24, 2.45) is 5.84 Å². The highest BCUT2D eigenvalue weighted by Crippen LogP contribution is 2.33. The zero-order chi connectivity index (χ0) is 13.7. The van der Waals surface area contributed by atoms with Crippen LogP contribution in [0.5, 0.6) is 5.75 Å². The second-order valence-electron chi connectivity index (χ2n) is 4.92. The van der Waals surface area contributed by atoms with Crippen molar-refractivity contribution < 1.29 is 4.74 Å². The molecule has 0 fully saturated rings. The number of ether oxygens (including phenoxy) is 1. The molecule has 2 rings (SSSR count). The summed E-state index contributed by atoms with van der Waals surface area (Å²) in [7, 11) is 1.67. The summed E-state index contributed by atoms with van der Waals surface area (Å²) in [5.74, 6) is 6.54. The number of nitrogens with one attached hydrogen (secondary N) is 1. The molecule has 1 aliphatic carbocycles. The number of rotatable bonds is 5. The molecule has 0 amide bonds. The van der Waals surface area contributed by atoms with Gasteiger partial charge in [0, 0.05) is 10.6 Å². The summed E-state index contributed by atoms with van der Waals surface area (Å²) in [5.41, 5.74) is 5.37. The maximum Gasteiger partial charge on any atom is 0.123 e. The molecule has 104 valence electrons. The highest BCUT2D eigenvalue weighted by molar-refractivity contribution is 6.30. The summed E-state index contributed by atoms with van der Waals surface area (Å²) in [6, 6.07) is 5.68. The summed E-state index contributed by atoms with van der Waals surface area (Å²) in [6.45, 7) is 0. The highest BCUT2D eigenvalue weighted by Gasteiger charge is 2.17. The van der Waals surface area contributed by atoms with E-state index in [0.717, 1.165) is 17.7 Å². The van der Waals surface area contributed by atoms with Crippen LogP contribution >= 0.6 is 11.6 Å². The minimum Gasteiger partial charge on any atom is -0.496 e. The summed E-state index contributed by atoms with van der Waals surface area (Å²) >= 11 is 6.08. The van der Waals surface area contributed by atoms with Gasteiger partial charge in [0.25, 0.3) is 0 Å². The van der Waals surface area contributed by atoms with E-state index in [2.05, 4.69) is 11.5 Å². The van der Waals surface area contributed by atoms with Gasteiger partial charge < -0.3 is 4.74 Å². The highest BCUT2D eigenvalue weighted by atomic mass is 35.5. The number of halogens is 1. The van der Waals surface area contributed by atoms with Crippen molar-refractivity contribution in [3.8, 4) is 5.75 Å². The van der Waals surface area contributed by atoms with E-state index in [1.165, 1.54) is 31.3 Å². The molecule has 1 aromatic carbocycles. The zero-order valence-corrected chi connectivity index (χ0v) is 12.0. The predicted octanol–water partition coefficient (Wildman–Crippen LogP) is 3.74. The minimum atomic E-state index is 0.0398. The van der Waals surface area contributed by atoms with Crippen molar-refractivity contribution in [2.75, 3.05) is 7.11 Å². The van der Waals surface area contributed by atoms with E-state index in [-0.39, 0.29) is 6.04 Å². The minimum absolute atomic E-state index is 0.0398. The van der Waals surface area contributed by atoms with Crippen LogP contribution in [0.4, 0.5) is 0 Å². The zero-order valence-electron chi connectivity index (χ0n) is 11.3. The van der Waals surface area contributed by atoms with Gasteiger partial charge in [0.15, 0.2) is 0 Å². The Balaban J connectivity index is 2.20. The van der Waals surface area contributed by atoms with Gasteiger partial charge in [-0.15, -0.1) is 0 Å². The van der Waals surface area contributed by atoms with Crippen LogP contribution in [0.15, 0.2) is 29.8 Å². The lowest BCUT2D eigenvalue weighted by atomic mass is 9.91. The molecule has 0 heterocycles. The van der Waals surface area contributed by atoms with Crippen molar-refractivity contribution in [3.63, 3.8) is 0 Å². The van der Waals surface area contributed by atoms with Gasteiger partial charge in [0.1, 0.15) is 5.75 Å². The first-order valence-electron chi connectivity index (χ1n) is 6.72. The molecule has 3 N–H and O–H groups in total. The first kappa shape index (κ1) is 14.4. The average Bonchev–Trinajstić information content (AvgIpc) is 2.46. The Kier molecular flexibility index (Phi) is 5.25.